The second-order valence-electron chi connectivity index (χ2n) is 6.67. The summed E-state index contributed by atoms with van der Waals surface area (Å²) in [5, 5.41) is 5.96. The van der Waals surface area contributed by atoms with Crippen LogP contribution in [0.3, 0.4) is 0 Å². The first-order chi connectivity index (χ1) is 13.5. The number of benzene rings is 2. The van der Waals surface area contributed by atoms with Gasteiger partial charge in [0.15, 0.2) is 0 Å². The molecule has 1 saturated heterocycles. The first kappa shape index (κ1) is 18.8. The van der Waals surface area contributed by atoms with Gasteiger partial charge in [0.05, 0.1) is 22.3 Å². The highest BCUT2D eigenvalue weighted by atomic mass is 79.9. The summed E-state index contributed by atoms with van der Waals surface area (Å²) in [6.07, 6.45) is 0.205. The van der Waals surface area contributed by atoms with E-state index in [9.17, 15) is 9.59 Å². The summed E-state index contributed by atoms with van der Waals surface area (Å²) in [5.41, 5.74) is 3.24. The van der Waals surface area contributed by atoms with E-state index in [0.717, 1.165) is 26.4 Å². The van der Waals surface area contributed by atoms with Crippen molar-refractivity contribution in [3.8, 4) is 11.3 Å². The van der Waals surface area contributed by atoms with Gasteiger partial charge in [0.25, 0.3) is 0 Å². The Morgan fingerprint density at radius 2 is 2.07 bits per heavy atom. The van der Waals surface area contributed by atoms with Crippen molar-refractivity contribution in [3.05, 3.63) is 63.4 Å². The fourth-order valence-corrected chi connectivity index (χ4v) is 4.31. The van der Waals surface area contributed by atoms with Crippen molar-refractivity contribution in [3.63, 3.8) is 0 Å². The number of halogens is 1. The summed E-state index contributed by atoms with van der Waals surface area (Å²) in [6.45, 7) is 2.33. The van der Waals surface area contributed by atoms with Crippen molar-refractivity contribution in [1.82, 2.24) is 4.98 Å². The lowest BCUT2D eigenvalue weighted by atomic mass is 10.1. The van der Waals surface area contributed by atoms with Crippen LogP contribution < -0.4 is 10.2 Å². The van der Waals surface area contributed by atoms with Crippen LogP contribution in [0.25, 0.3) is 11.3 Å². The van der Waals surface area contributed by atoms with Crippen molar-refractivity contribution in [2.24, 2.45) is 5.92 Å². The van der Waals surface area contributed by atoms with Gasteiger partial charge in [0.1, 0.15) is 0 Å². The highest BCUT2D eigenvalue weighted by Crippen LogP contribution is 2.31. The van der Waals surface area contributed by atoms with Crippen LogP contribution in [0.1, 0.15) is 11.4 Å². The molecule has 1 unspecified atom stereocenters. The number of rotatable bonds is 4. The van der Waals surface area contributed by atoms with E-state index < -0.39 is 5.92 Å². The summed E-state index contributed by atoms with van der Waals surface area (Å²) in [4.78, 5) is 31.5. The average molecular weight is 456 g/mol. The van der Waals surface area contributed by atoms with Crippen molar-refractivity contribution < 1.29 is 9.59 Å². The van der Waals surface area contributed by atoms with Crippen LogP contribution in [-0.4, -0.2) is 23.3 Å². The Morgan fingerprint density at radius 1 is 1.25 bits per heavy atom. The lowest BCUT2D eigenvalue weighted by molar-refractivity contribution is -0.122. The van der Waals surface area contributed by atoms with E-state index in [2.05, 4.69) is 26.2 Å². The molecule has 4 rings (SSSR count). The van der Waals surface area contributed by atoms with Gasteiger partial charge in [-0.1, -0.05) is 40.2 Å². The van der Waals surface area contributed by atoms with E-state index in [1.165, 1.54) is 0 Å². The Kier molecular flexibility index (Phi) is 5.28. The lowest BCUT2D eigenvalue weighted by Gasteiger charge is -2.17. The first-order valence-corrected chi connectivity index (χ1v) is 10.6. The minimum Gasteiger partial charge on any atom is -0.325 e. The van der Waals surface area contributed by atoms with E-state index in [0.29, 0.717) is 12.2 Å². The molecule has 1 fully saturated rings. The number of carbonyl (C=O) groups is 2. The van der Waals surface area contributed by atoms with Gasteiger partial charge in [-0.25, -0.2) is 4.98 Å². The van der Waals surface area contributed by atoms with Gasteiger partial charge < -0.3 is 10.2 Å². The molecule has 0 bridgehead atoms. The number of para-hydroxylation sites is 1. The SMILES string of the molecule is Cc1nc(-c2ccccc2NC(=O)C2CC(=O)N(c3cccc(Br)c3)C2)cs1. The molecule has 1 aliphatic rings. The number of hydrogen-bond donors (Lipinski definition) is 1. The summed E-state index contributed by atoms with van der Waals surface area (Å²) >= 11 is 5.00. The van der Waals surface area contributed by atoms with Crippen molar-refractivity contribution in [2.45, 2.75) is 13.3 Å². The molecule has 2 aromatic carbocycles. The van der Waals surface area contributed by atoms with Crippen LogP contribution in [0.15, 0.2) is 58.4 Å². The second kappa shape index (κ2) is 7.85. The van der Waals surface area contributed by atoms with Gasteiger partial charge in [0.2, 0.25) is 11.8 Å². The topological polar surface area (TPSA) is 62.3 Å². The third kappa shape index (κ3) is 3.86. The average Bonchev–Trinajstić information content (AvgIpc) is 3.28. The monoisotopic (exact) mass is 455 g/mol. The molecule has 1 N–H and O–H groups in total. The van der Waals surface area contributed by atoms with E-state index in [4.69, 9.17) is 0 Å². The highest BCUT2D eigenvalue weighted by molar-refractivity contribution is 9.10. The maximum atomic E-state index is 12.9. The number of thiazole rings is 1. The van der Waals surface area contributed by atoms with Crippen LogP contribution in [0, 0.1) is 12.8 Å². The Labute approximate surface area is 175 Å². The molecule has 0 spiro atoms. The molecule has 142 valence electrons. The van der Waals surface area contributed by atoms with Crippen LogP contribution in [-0.2, 0) is 9.59 Å². The summed E-state index contributed by atoms with van der Waals surface area (Å²) < 4.78 is 0.901. The van der Waals surface area contributed by atoms with Gasteiger partial charge in [-0.15, -0.1) is 11.3 Å². The number of aromatic nitrogens is 1. The Balaban J connectivity index is 1.52. The molecule has 28 heavy (non-hydrogen) atoms. The molecule has 1 aromatic heterocycles. The number of hydrogen-bond acceptors (Lipinski definition) is 4. The van der Waals surface area contributed by atoms with Crippen molar-refractivity contribution in [1.29, 1.82) is 0 Å². The molecule has 3 aromatic rings. The number of aryl methyl sites for hydroxylation is 1. The molecular formula is C21H18BrN3O2S. The fraction of sp³-hybridized carbons (Fsp3) is 0.190. The molecule has 5 nitrogen and oxygen atoms in total. The quantitative estimate of drug-likeness (QED) is 0.609. The minimum atomic E-state index is -0.392. The van der Waals surface area contributed by atoms with Gasteiger partial charge in [-0.3, -0.25) is 9.59 Å². The molecule has 7 heteroatoms. The van der Waals surface area contributed by atoms with Gasteiger partial charge in [-0.2, -0.15) is 0 Å². The zero-order chi connectivity index (χ0) is 19.7. The van der Waals surface area contributed by atoms with Crippen molar-refractivity contribution >= 4 is 50.5 Å². The Morgan fingerprint density at radius 3 is 2.82 bits per heavy atom. The van der Waals surface area contributed by atoms with E-state index >= 15 is 0 Å². The number of anilines is 2. The summed E-state index contributed by atoms with van der Waals surface area (Å²) in [7, 11) is 0. The van der Waals surface area contributed by atoms with E-state index in [1.807, 2.05) is 60.8 Å². The van der Waals surface area contributed by atoms with E-state index in [-0.39, 0.29) is 18.2 Å². The van der Waals surface area contributed by atoms with Gasteiger partial charge >= 0.3 is 0 Å². The number of nitrogens with zero attached hydrogens (tertiary/aromatic N) is 2. The standard InChI is InChI=1S/C21H18BrN3O2S/c1-13-23-19(12-28-13)17-7-2-3-8-18(17)24-21(27)14-9-20(26)25(11-14)16-6-4-5-15(22)10-16/h2-8,10,12,14H,9,11H2,1H3,(H,24,27). The molecule has 0 saturated carbocycles. The zero-order valence-corrected chi connectivity index (χ0v) is 17.6. The number of amides is 2. The zero-order valence-electron chi connectivity index (χ0n) is 15.2. The third-order valence-electron chi connectivity index (χ3n) is 4.70. The van der Waals surface area contributed by atoms with Gasteiger partial charge in [0, 0.05) is 34.1 Å². The smallest absolute Gasteiger partial charge is 0.229 e. The van der Waals surface area contributed by atoms with Crippen LogP contribution >= 0.6 is 27.3 Å². The van der Waals surface area contributed by atoms with Crippen LogP contribution in [0.5, 0.6) is 0 Å². The lowest BCUT2D eigenvalue weighted by Crippen LogP contribution is -2.28. The Bertz CT molecular complexity index is 1050. The summed E-state index contributed by atoms with van der Waals surface area (Å²) in [5.74, 6) is -0.580. The number of nitrogens with one attached hydrogen (secondary N) is 1. The highest BCUT2D eigenvalue weighted by Gasteiger charge is 2.35. The molecule has 1 atom stereocenters. The normalized spacial score (nSPS) is 16.4. The molecular weight excluding hydrogens is 438 g/mol. The van der Waals surface area contributed by atoms with Gasteiger partial charge in [-0.05, 0) is 31.2 Å². The molecule has 2 amide bonds. The minimum absolute atomic E-state index is 0.0401. The molecule has 0 aliphatic carbocycles. The number of carbonyl (C=O) groups excluding carboxylic acids is 2. The fourth-order valence-electron chi connectivity index (χ4n) is 3.31. The molecule has 1 aliphatic heterocycles. The molecule has 2 heterocycles. The maximum absolute atomic E-state index is 12.9. The maximum Gasteiger partial charge on any atom is 0.229 e. The van der Waals surface area contributed by atoms with Crippen molar-refractivity contribution in [2.75, 3.05) is 16.8 Å². The third-order valence-corrected chi connectivity index (χ3v) is 5.96. The first-order valence-electron chi connectivity index (χ1n) is 8.89. The summed E-state index contributed by atoms with van der Waals surface area (Å²) in [6, 6.07) is 15.2. The van der Waals surface area contributed by atoms with Crippen LogP contribution in [0.4, 0.5) is 11.4 Å². The van der Waals surface area contributed by atoms with E-state index in [1.54, 1.807) is 16.2 Å². The Hall–Kier alpha value is -2.51. The van der Waals surface area contributed by atoms with Crippen LogP contribution in [0.2, 0.25) is 0 Å². The predicted molar refractivity (Wildman–Crippen MR) is 116 cm³/mol. The second-order valence-corrected chi connectivity index (χ2v) is 8.65. The molecule has 0 radical (unpaired) electrons. The largest absolute Gasteiger partial charge is 0.325 e. The predicted octanol–water partition coefficient (Wildman–Crippen LogP) is 4.87.